The third-order valence-corrected chi connectivity index (χ3v) is 4.25. The van der Waals surface area contributed by atoms with Gasteiger partial charge in [0.1, 0.15) is 0 Å². The first-order valence-corrected chi connectivity index (χ1v) is 8.81. The van der Waals surface area contributed by atoms with Gasteiger partial charge in [-0.25, -0.2) is 0 Å². The second-order valence-corrected chi connectivity index (χ2v) is 8.48. The zero-order chi connectivity index (χ0) is 18.7. The molecule has 0 aliphatic carbocycles. The number of hydrogen-bond acceptors (Lipinski definition) is 1. The van der Waals surface area contributed by atoms with Crippen LogP contribution >= 0.6 is 0 Å². The Morgan fingerprint density at radius 2 is 0.960 bits per heavy atom. The standard InChI is InChI=1S/C22H31N3/c1-21(2,3)16-8-12-18(13-9-16)24-20(23-7)25-19-14-10-17(11-15-19)22(4,5)6/h8-15H,1-7H3,(H2,23,24,25). The quantitative estimate of drug-likeness (QED) is 0.537. The zero-order valence-corrected chi connectivity index (χ0v) is 16.6. The lowest BCUT2D eigenvalue weighted by molar-refractivity contribution is 0.590. The molecule has 0 aliphatic rings. The van der Waals surface area contributed by atoms with Crippen molar-refractivity contribution in [3.63, 3.8) is 0 Å². The van der Waals surface area contributed by atoms with Gasteiger partial charge in [-0.15, -0.1) is 0 Å². The number of hydrogen-bond donors (Lipinski definition) is 2. The summed E-state index contributed by atoms with van der Waals surface area (Å²) < 4.78 is 0. The fraction of sp³-hybridized carbons (Fsp3) is 0.409. The lowest BCUT2D eigenvalue weighted by atomic mass is 9.87. The van der Waals surface area contributed by atoms with Crippen LogP contribution in [0.4, 0.5) is 11.4 Å². The Bertz CT molecular complexity index is 650. The summed E-state index contributed by atoms with van der Waals surface area (Å²) in [4.78, 5) is 4.32. The normalized spacial score (nSPS) is 11.8. The molecule has 2 aromatic carbocycles. The summed E-state index contributed by atoms with van der Waals surface area (Å²) in [5.74, 6) is 0.729. The number of nitrogens with zero attached hydrogens (tertiary/aromatic N) is 1. The first-order valence-electron chi connectivity index (χ1n) is 8.81. The molecule has 0 radical (unpaired) electrons. The van der Waals surface area contributed by atoms with Crippen LogP contribution in [0.25, 0.3) is 0 Å². The van der Waals surface area contributed by atoms with Crippen molar-refractivity contribution in [2.45, 2.75) is 52.4 Å². The van der Waals surface area contributed by atoms with Crippen LogP contribution in [-0.4, -0.2) is 13.0 Å². The summed E-state index contributed by atoms with van der Waals surface area (Å²) >= 11 is 0. The number of aliphatic imine (C=N–C) groups is 1. The molecule has 3 nitrogen and oxygen atoms in total. The number of nitrogens with one attached hydrogen (secondary N) is 2. The molecule has 3 heteroatoms. The fourth-order valence-electron chi connectivity index (χ4n) is 2.52. The van der Waals surface area contributed by atoms with Gasteiger partial charge in [0.2, 0.25) is 0 Å². The van der Waals surface area contributed by atoms with E-state index in [0.29, 0.717) is 0 Å². The molecule has 0 spiro atoms. The molecule has 0 bridgehead atoms. The van der Waals surface area contributed by atoms with Crippen molar-refractivity contribution in [3.05, 3.63) is 59.7 Å². The molecule has 0 amide bonds. The molecule has 2 rings (SSSR count). The Labute approximate surface area is 152 Å². The molecule has 134 valence electrons. The predicted molar refractivity (Wildman–Crippen MR) is 111 cm³/mol. The van der Waals surface area contributed by atoms with Crippen molar-refractivity contribution < 1.29 is 0 Å². The second-order valence-electron chi connectivity index (χ2n) is 8.48. The Hall–Kier alpha value is -2.29. The van der Waals surface area contributed by atoms with E-state index in [-0.39, 0.29) is 10.8 Å². The van der Waals surface area contributed by atoms with Crippen molar-refractivity contribution >= 4 is 17.3 Å². The Kier molecular flexibility index (Phi) is 5.56. The Morgan fingerprint density at radius 3 is 1.20 bits per heavy atom. The van der Waals surface area contributed by atoms with E-state index in [1.807, 2.05) is 0 Å². The molecule has 0 unspecified atom stereocenters. The molecular formula is C22H31N3. The van der Waals surface area contributed by atoms with Gasteiger partial charge in [0.05, 0.1) is 0 Å². The van der Waals surface area contributed by atoms with Gasteiger partial charge >= 0.3 is 0 Å². The topological polar surface area (TPSA) is 36.4 Å². The van der Waals surface area contributed by atoms with E-state index in [1.54, 1.807) is 7.05 Å². The highest BCUT2D eigenvalue weighted by Gasteiger charge is 2.14. The summed E-state index contributed by atoms with van der Waals surface area (Å²) in [5, 5.41) is 6.68. The van der Waals surface area contributed by atoms with Crippen LogP contribution in [-0.2, 0) is 10.8 Å². The second kappa shape index (κ2) is 7.30. The van der Waals surface area contributed by atoms with Gasteiger partial charge in [0.25, 0.3) is 0 Å². The Balaban J connectivity index is 2.06. The van der Waals surface area contributed by atoms with Crippen LogP contribution in [0, 0.1) is 0 Å². The van der Waals surface area contributed by atoms with E-state index >= 15 is 0 Å². The SMILES string of the molecule is CN=C(Nc1ccc(C(C)(C)C)cc1)Nc1ccc(C(C)(C)C)cc1. The largest absolute Gasteiger partial charge is 0.326 e. The van der Waals surface area contributed by atoms with Gasteiger partial charge in [0.15, 0.2) is 5.96 Å². The average Bonchev–Trinajstić information content (AvgIpc) is 2.53. The first kappa shape index (κ1) is 19.0. The molecule has 0 atom stereocenters. The molecule has 0 fully saturated rings. The Morgan fingerprint density at radius 1 is 0.640 bits per heavy atom. The molecule has 0 aliphatic heterocycles. The highest BCUT2D eigenvalue weighted by Crippen LogP contribution is 2.25. The van der Waals surface area contributed by atoms with Crippen molar-refractivity contribution in [3.8, 4) is 0 Å². The number of anilines is 2. The third kappa shape index (κ3) is 5.35. The molecule has 0 heterocycles. The van der Waals surface area contributed by atoms with Crippen molar-refractivity contribution in [1.82, 2.24) is 0 Å². The number of rotatable bonds is 2. The highest BCUT2D eigenvalue weighted by molar-refractivity contribution is 6.03. The van der Waals surface area contributed by atoms with Crippen LogP contribution in [0.1, 0.15) is 52.7 Å². The summed E-state index contributed by atoms with van der Waals surface area (Å²) in [6.45, 7) is 13.3. The molecule has 0 saturated carbocycles. The monoisotopic (exact) mass is 337 g/mol. The van der Waals surface area contributed by atoms with Crippen LogP contribution in [0.3, 0.4) is 0 Å². The van der Waals surface area contributed by atoms with E-state index in [0.717, 1.165) is 17.3 Å². The predicted octanol–water partition coefficient (Wildman–Crippen LogP) is 5.79. The zero-order valence-electron chi connectivity index (χ0n) is 16.6. The van der Waals surface area contributed by atoms with E-state index in [1.165, 1.54) is 11.1 Å². The van der Waals surface area contributed by atoms with E-state index in [9.17, 15) is 0 Å². The molecular weight excluding hydrogens is 306 g/mol. The van der Waals surface area contributed by atoms with E-state index < -0.39 is 0 Å². The summed E-state index contributed by atoms with van der Waals surface area (Å²) in [5.41, 5.74) is 5.00. The fourth-order valence-corrected chi connectivity index (χ4v) is 2.52. The minimum atomic E-state index is 0.160. The first-order chi connectivity index (χ1) is 11.6. The van der Waals surface area contributed by atoms with Crippen molar-refractivity contribution in [1.29, 1.82) is 0 Å². The highest BCUT2D eigenvalue weighted by atomic mass is 15.2. The van der Waals surface area contributed by atoms with E-state index in [2.05, 4.69) is 106 Å². The van der Waals surface area contributed by atoms with Crippen LogP contribution in [0.5, 0.6) is 0 Å². The van der Waals surface area contributed by atoms with Gasteiger partial charge in [-0.05, 0) is 46.2 Å². The number of guanidine groups is 1. The maximum absolute atomic E-state index is 4.32. The average molecular weight is 338 g/mol. The summed E-state index contributed by atoms with van der Waals surface area (Å²) in [6, 6.07) is 17.0. The minimum absolute atomic E-state index is 0.160. The van der Waals surface area contributed by atoms with Crippen LogP contribution in [0.2, 0.25) is 0 Å². The maximum Gasteiger partial charge on any atom is 0.200 e. The molecule has 0 saturated heterocycles. The lowest BCUT2D eigenvalue weighted by Crippen LogP contribution is -2.22. The minimum Gasteiger partial charge on any atom is -0.326 e. The third-order valence-electron chi connectivity index (χ3n) is 4.25. The van der Waals surface area contributed by atoms with Crippen LogP contribution in [0.15, 0.2) is 53.5 Å². The van der Waals surface area contributed by atoms with Crippen molar-refractivity contribution in [2.75, 3.05) is 17.7 Å². The summed E-state index contributed by atoms with van der Waals surface area (Å²) in [6.07, 6.45) is 0. The lowest BCUT2D eigenvalue weighted by Gasteiger charge is -2.20. The van der Waals surface area contributed by atoms with Gasteiger partial charge in [-0.2, -0.15) is 0 Å². The smallest absolute Gasteiger partial charge is 0.200 e. The van der Waals surface area contributed by atoms with E-state index in [4.69, 9.17) is 0 Å². The van der Waals surface area contributed by atoms with Gasteiger partial charge < -0.3 is 10.6 Å². The number of benzene rings is 2. The summed E-state index contributed by atoms with van der Waals surface area (Å²) in [7, 11) is 1.78. The van der Waals surface area contributed by atoms with Crippen LogP contribution < -0.4 is 10.6 Å². The molecule has 2 N–H and O–H groups in total. The molecule has 0 aromatic heterocycles. The van der Waals surface area contributed by atoms with Gasteiger partial charge in [-0.1, -0.05) is 65.8 Å². The van der Waals surface area contributed by atoms with Gasteiger partial charge in [-0.3, -0.25) is 4.99 Å². The molecule has 2 aromatic rings. The van der Waals surface area contributed by atoms with Crippen molar-refractivity contribution in [2.24, 2.45) is 4.99 Å². The maximum atomic E-state index is 4.32. The molecule has 25 heavy (non-hydrogen) atoms. The van der Waals surface area contributed by atoms with Gasteiger partial charge in [0, 0.05) is 18.4 Å².